The molecule has 0 saturated carbocycles. The van der Waals surface area contributed by atoms with Crippen LogP contribution in [-0.2, 0) is 0 Å². The predicted molar refractivity (Wildman–Crippen MR) is 103 cm³/mol. The maximum atomic E-state index is 13.1. The van der Waals surface area contributed by atoms with Crippen molar-refractivity contribution in [3.8, 4) is 17.2 Å². The summed E-state index contributed by atoms with van der Waals surface area (Å²) in [6, 6.07) is 16.7. The molecule has 0 radical (unpaired) electrons. The Labute approximate surface area is 152 Å². The molecule has 26 heavy (non-hydrogen) atoms. The van der Waals surface area contributed by atoms with Crippen LogP contribution in [0.3, 0.4) is 0 Å². The lowest BCUT2D eigenvalue weighted by Crippen LogP contribution is -2.15. The molecule has 0 bridgehead atoms. The van der Waals surface area contributed by atoms with Gasteiger partial charge in [-0.1, -0.05) is 30.3 Å². The molecule has 0 aliphatic heterocycles. The number of anilines is 1. The van der Waals surface area contributed by atoms with Gasteiger partial charge in [0, 0.05) is 6.07 Å². The molecule has 5 nitrogen and oxygen atoms in total. The number of carbonyl (C=O) groups is 1. The summed E-state index contributed by atoms with van der Waals surface area (Å²) in [6.07, 6.45) is 0. The summed E-state index contributed by atoms with van der Waals surface area (Å²) in [6.45, 7) is 2.37. The number of benzene rings is 3. The Hall–Kier alpha value is -3.21. The third-order valence-electron chi connectivity index (χ3n) is 4.07. The van der Waals surface area contributed by atoms with Crippen LogP contribution in [0.4, 0.5) is 5.69 Å². The van der Waals surface area contributed by atoms with E-state index in [-0.39, 0.29) is 5.91 Å². The normalized spacial score (nSPS) is 10.4. The molecule has 0 heterocycles. The van der Waals surface area contributed by atoms with Gasteiger partial charge in [0.25, 0.3) is 5.91 Å². The average molecular weight is 351 g/mol. The minimum absolute atomic E-state index is 0.256. The number of rotatable bonds is 6. The highest BCUT2D eigenvalue weighted by molar-refractivity contribution is 6.15. The lowest BCUT2D eigenvalue weighted by Gasteiger charge is -2.15. The first-order valence-corrected chi connectivity index (χ1v) is 8.35. The number of fused-ring (bicyclic) bond motifs is 1. The van der Waals surface area contributed by atoms with Crippen LogP contribution >= 0.6 is 0 Å². The quantitative estimate of drug-likeness (QED) is 0.710. The van der Waals surface area contributed by atoms with E-state index in [1.54, 1.807) is 32.4 Å². The molecule has 134 valence electrons. The molecule has 0 aromatic heterocycles. The first-order chi connectivity index (χ1) is 12.7. The zero-order valence-electron chi connectivity index (χ0n) is 15.0. The molecule has 0 aliphatic rings. The van der Waals surface area contributed by atoms with Gasteiger partial charge in [0.1, 0.15) is 17.2 Å². The van der Waals surface area contributed by atoms with Crippen molar-refractivity contribution >= 4 is 22.4 Å². The predicted octanol–water partition coefficient (Wildman–Crippen LogP) is 4.51. The summed E-state index contributed by atoms with van der Waals surface area (Å²) < 4.78 is 16.2. The number of amides is 1. The van der Waals surface area contributed by atoms with Gasteiger partial charge in [0.15, 0.2) is 0 Å². The van der Waals surface area contributed by atoms with Gasteiger partial charge in [-0.25, -0.2) is 0 Å². The van der Waals surface area contributed by atoms with Crippen molar-refractivity contribution < 1.29 is 19.0 Å². The van der Waals surface area contributed by atoms with Crippen molar-refractivity contribution in [2.24, 2.45) is 0 Å². The second-order valence-corrected chi connectivity index (χ2v) is 5.61. The van der Waals surface area contributed by atoms with Crippen LogP contribution in [0.2, 0.25) is 0 Å². The van der Waals surface area contributed by atoms with Gasteiger partial charge < -0.3 is 19.5 Å². The monoisotopic (exact) mass is 351 g/mol. The Morgan fingerprint density at radius 3 is 2.50 bits per heavy atom. The zero-order valence-corrected chi connectivity index (χ0v) is 15.0. The molecule has 0 fully saturated rings. The molecule has 3 aromatic rings. The Bertz CT molecular complexity index is 936. The van der Waals surface area contributed by atoms with E-state index in [0.717, 1.165) is 10.8 Å². The summed E-state index contributed by atoms with van der Waals surface area (Å²) in [5.41, 5.74) is 1.07. The molecule has 0 unspecified atom stereocenters. The fourth-order valence-corrected chi connectivity index (χ4v) is 2.85. The number of ether oxygens (including phenoxy) is 3. The molecule has 0 spiro atoms. The molecule has 0 atom stereocenters. The molecule has 0 aliphatic carbocycles. The Balaban J connectivity index is 2.03. The van der Waals surface area contributed by atoms with Crippen molar-refractivity contribution in [3.05, 3.63) is 60.2 Å². The van der Waals surface area contributed by atoms with Gasteiger partial charge in [-0.3, -0.25) is 4.79 Å². The van der Waals surface area contributed by atoms with Crippen LogP contribution in [0.15, 0.2) is 54.6 Å². The number of nitrogens with one attached hydrogen (secondary N) is 1. The number of carbonyl (C=O) groups excluding carboxylic acids is 1. The first-order valence-electron chi connectivity index (χ1n) is 8.35. The van der Waals surface area contributed by atoms with Crippen molar-refractivity contribution in [2.75, 3.05) is 26.1 Å². The minimum Gasteiger partial charge on any atom is -0.497 e. The molecule has 5 heteroatoms. The summed E-state index contributed by atoms with van der Waals surface area (Å²) >= 11 is 0. The van der Waals surface area contributed by atoms with E-state index in [4.69, 9.17) is 14.2 Å². The van der Waals surface area contributed by atoms with Crippen molar-refractivity contribution in [1.29, 1.82) is 0 Å². The van der Waals surface area contributed by atoms with Crippen LogP contribution in [-0.4, -0.2) is 26.7 Å². The van der Waals surface area contributed by atoms with Crippen LogP contribution in [0.1, 0.15) is 17.3 Å². The summed E-state index contributed by atoms with van der Waals surface area (Å²) in [4.78, 5) is 13.1. The van der Waals surface area contributed by atoms with Crippen molar-refractivity contribution in [1.82, 2.24) is 0 Å². The minimum atomic E-state index is -0.256. The number of hydrogen-bond acceptors (Lipinski definition) is 4. The average Bonchev–Trinajstić information content (AvgIpc) is 2.68. The lowest BCUT2D eigenvalue weighted by molar-refractivity contribution is 0.102. The summed E-state index contributed by atoms with van der Waals surface area (Å²) in [5, 5.41) is 4.73. The molecular weight excluding hydrogens is 330 g/mol. The Morgan fingerprint density at radius 1 is 0.962 bits per heavy atom. The molecule has 1 amide bonds. The smallest absolute Gasteiger partial charge is 0.260 e. The Kier molecular flexibility index (Phi) is 5.27. The van der Waals surface area contributed by atoms with Gasteiger partial charge >= 0.3 is 0 Å². The van der Waals surface area contributed by atoms with E-state index in [2.05, 4.69) is 5.32 Å². The van der Waals surface area contributed by atoms with E-state index in [0.29, 0.717) is 35.1 Å². The summed E-state index contributed by atoms with van der Waals surface area (Å²) in [5.74, 6) is 1.47. The van der Waals surface area contributed by atoms with E-state index in [1.807, 2.05) is 43.3 Å². The first kappa shape index (κ1) is 17.6. The highest BCUT2D eigenvalue weighted by Gasteiger charge is 2.18. The molecular formula is C21H21NO4. The maximum Gasteiger partial charge on any atom is 0.260 e. The summed E-state index contributed by atoms with van der Waals surface area (Å²) in [7, 11) is 3.13. The van der Waals surface area contributed by atoms with Crippen LogP contribution in [0, 0.1) is 0 Å². The maximum absolute atomic E-state index is 13.1. The van der Waals surface area contributed by atoms with E-state index in [1.165, 1.54) is 0 Å². The molecule has 3 aromatic carbocycles. The number of methoxy groups -OCH3 is 2. The second kappa shape index (κ2) is 7.78. The van der Waals surface area contributed by atoms with Crippen molar-refractivity contribution in [2.45, 2.75) is 6.92 Å². The topological polar surface area (TPSA) is 56.8 Å². The third kappa shape index (κ3) is 3.42. The van der Waals surface area contributed by atoms with Gasteiger partial charge in [0.2, 0.25) is 0 Å². The standard InChI is InChI=1S/C21H21NO4/c1-4-26-18-12-9-14-7-5-6-8-16(14)20(18)21(23)22-17-11-10-15(24-2)13-19(17)25-3/h5-13H,4H2,1-3H3,(H,22,23). The molecule has 3 rings (SSSR count). The third-order valence-corrected chi connectivity index (χ3v) is 4.07. The van der Waals surface area contributed by atoms with Crippen LogP contribution in [0.25, 0.3) is 10.8 Å². The lowest BCUT2D eigenvalue weighted by atomic mass is 10.0. The molecule has 0 saturated heterocycles. The van der Waals surface area contributed by atoms with Crippen LogP contribution in [0.5, 0.6) is 17.2 Å². The largest absolute Gasteiger partial charge is 0.497 e. The van der Waals surface area contributed by atoms with Crippen molar-refractivity contribution in [3.63, 3.8) is 0 Å². The highest BCUT2D eigenvalue weighted by Crippen LogP contribution is 2.32. The van der Waals surface area contributed by atoms with Gasteiger partial charge in [-0.2, -0.15) is 0 Å². The van der Waals surface area contributed by atoms with Gasteiger partial charge in [-0.15, -0.1) is 0 Å². The second-order valence-electron chi connectivity index (χ2n) is 5.61. The van der Waals surface area contributed by atoms with Crippen LogP contribution < -0.4 is 19.5 Å². The SMILES string of the molecule is CCOc1ccc2ccccc2c1C(=O)Nc1ccc(OC)cc1OC. The highest BCUT2D eigenvalue weighted by atomic mass is 16.5. The van der Waals surface area contributed by atoms with E-state index < -0.39 is 0 Å². The fraction of sp³-hybridized carbons (Fsp3) is 0.190. The van der Waals surface area contributed by atoms with E-state index >= 15 is 0 Å². The van der Waals surface area contributed by atoms with E-state index in [9.17, 15) is 4.79 Å². The zero-order chi connectivity index (χ0) is 18.5. The van der Waals surface area contributed by atoms with Gasteiger partial charge in [0.05, 0.1) is 32.1 Å². The van der Waals surface area contributed by atoms with Gasteiger partial charge in [-0.05, 0) is 35.9 Å². The Morgan fingerprint density at radius 2 is 1.77 bits per heavy atom. The number of hydrogen-bond donors (Lipinski definition) is 1. The fourth-order valence-electron chi connectivity index (χ4n) is 2.85. The molecule has 1 N–H and O–H groups in total.